The minimum absolute atomic E-state index is 0.0553. The summed E-state index contributed by atoms with van der Waals surface area (Å²) < 4.78 is 5.52. The fraction of sp³-hybridized carbons (Fsp3) is 0.417. The number of ether oxygens (including phenoxy) is 1. The van der Waals surface area contributed by atoms with Crippen LogP contribution in [0.5, 0.6) is 5.75 Å². The molecule has 4 heteroatoms. The molecule has 1 aliphatic rings. The summed E-state index contributed by atoms with van der Waals surface area (Å²) in [5.41, 5.74) is 5.49. The molecule has 1 saturated heterocycles. The van der Waals surface area contributed by atoms with E-state index >= 15 is 0 Å². The molecule has 2 rings (SSSR count). The molecular weight excluding hydrogens is 204 g/mol. The zero-order valence-corrected chi connectivity index (χ0v) is 9.13. The van der Waals surface area contributed by atoms with Gasteiger partial charge in [-0.25, -0.2) is 0 Å². The van der Waals surface area contributed by atoms with Crippen LogP contribution in [0.15, 0.2) is 30.3 Å². The van der Waals surface area contributed by atoms with Gasteiger partial charge in [-0.1, -0.05) is 18.2 Å². The standard InChI is InChI=1S/C12H16N2O2/c13-11-9-14(12(11)15)7-4-8-16-10-5-2-1-3-6-10/h1-3,5-6,11H,4,7-9,13H2. The highest BCUT2D eigenvalue weighted by atomic mass is 16.5. The molecule has 0 spiro atoms. The van der Waals surface area contributed by atoms with Crippen molar-refractivity contribution in [1.29, 1.82) is 0 Å². The van der Waals surface area contributed by atoms with E-state index in [-0.39, 0.29) is 11.9 Å². The minimum atomic E-state index is -0.268. The summed E-state index contributed by atoms with van der Waals surface area (Å²) in [5, 5.41) is 0. The first kappa shape index (κ1) is 11.0. The Morgan fingerprint density at radius 2 is 2.12 bits per heavy atom. The molecule has 16 heavy (non-hydrogen) atoms. The smallest absolute Gasteiger partial charge is 0.241 e. The van der Waals surface area contributed by atoms with Gasteiger partial charge in [-0.2, -0.15) is 0 Å². The molecule has 2 N–H and O–H groups in total. The van der Waals surface area contributed by atoms with Gasteiger partial charge in [-0.3, -0.25) is 4.79 Å². The summed E-state index contributed by atoms with van der Waals surface area (Å²) in [4.78, 5) is 12.9. The lowest BCUT2D eigenvalue weighted by molar-refractivity contribution is -0.142. The molecule has 1 aliphatic heterocycles. The first-order chi connectivity index (χ1) is 7.77. The van der Waals surface area contributed by atoms with Crippen LogP contribution in [0.25, 0.3) is 0 Å². The summed E-state index contributed by atoms with van der Waals surface area (Å²) in [6.45, 7) is 2.05. The van der Waals surface area contributed by atoms with Gasteiger partial charge in [-0.15, -0.1) is 0 Å². The van der Waals surface area contributed by atoms with E-state index in [1.165, 1.54) is 0 Å². The highest BCUT2D eigenvalue weighted by molar-refractivity contribution is 5.87. The van der Waals surface area contributed by atoms with Crippen molar-refractivity contribution >= 4 is 5.91 Å². The molecule has 1 heterocycles. The third kappa shape index (κ3) is 2.52. The van der Waals surface area contributed by atoms with Gasteiger partial charge in [0.25, 0.3) is 0 Å². The SMILES string of the molecule is NC1CN(CCCOc2ccccc2)C1=O. The van der Waals surface area contributed by atoms with Crippen LogP contribution >= 0.6 is 0 Å². The molecule has 0 bridgehead atoms. The van der Waals surface area contributed by atoms with Crippen LogP contribution in [0, 0.1) is 0 Å². The largest absolute Gasteiger partial charge is 0.494 e. The van der Waals surface area contributed by atoms with E-state index in [0.717, 1.165) is 18.7 Å². The maximum atomic E-state index is 11.2. The predicted octanol–water partition coefficient (Wildman–Crippen LogP) is 0.625. The number of carbonyl (C=O) groups is 1. The average molecular weight is 220 g/mol. The predicted molar refractivity (Wildman–Crippen MR) is 61.1 cm³/mol. The normalized spacial score (nSPS) is 19.4. The van der Waals surface area contributed by atoms with E-state index in [1.807, 2.05) is 30.3 Å². The van der Waals surface area contributed by atoms with Crippen molar-refractivity contribution in [2.45, 2.75) is 12.5 Å². The summed E-state index contributed by atoms with van der Waals surface area (Å²) in [5.74, 6) is 0.925. The lowest BCUT2D eigenvalue weighted by atomic mass is 10.1. The number of rotatable bonds is 5. The Balaban J connectivity index is 1.61. The van der Waals surface area contributed by atoms with E-state index in [1.54, 1.807) is 4.90 Å². The summed E-state index contributed by atoms with van der Waals surface area (Å²) >= 11 is 0. The van der Waals surface area contributed by atoms with Crippen LogP contribution in [0.2, 0.25) is 0 Å². The lowest BCUT2D eigenvalue weighted by Crippen LogP contribution is -2.61. The van der Waals surface area contributed by atoms with E-state index < -0.39 is 0 Å². The first-order valence-corrected chi connectivity index (χ1v) is 5.49. The Labute approximate surface area is 95.0 Å². The number of benzene rings is 1. The number of carbonyl (C=O) groups excluding carboxylic acids is 1. The second-order valence-corrected chi connectivity index (χ2v) is 3.91. The van der Waals surface area contributed by atoms with Gasteiger partial charge in [0.15, 0.2) is 0 Å². The third-order valence-electron chi connectivity index (χ3n) is 2.63. The van der Waals surface area contributed by atoms with Crippen LogP contribution in [0.1, 0.15) is 6.42 Å². The molecule has 4 nitrogen and oxygen atoms in total. The number of para-hydroxylation sites is 1. The van der Waals surface area contributed by atoms with Gasteiger partial charge in [0, 0.05) is 13.1 Å². The Bertz CT molecular complexity index is 353. The van der Waals surface area contributed by atoms with Crippen LogP contribution in [-0.4, -0.2) is 36.5 Å². The number of nitrogens with two attached hydrogens (primary N) is 1. The second-order valence-electron chi connectivity index (χ2n) is 3.91. The summed E-state index contributed by atoms with van der Waals surface area (Å²) in [7, 11) is 0. The topological polar surface area (TPSA) is 55.6 Å². The first-order valence-electron chi connectivity index (χ1n) is 5.49. The number of likely N-dealkylation sites (tertiary alicyclic amines) is 1. The second kappa shape index (κ2) is 4.99. The molecular formula is C12H16N2O2. The Morgan fingerprint density at radius 1 is 1.38 bits per heavy atom. The molecule has 0 radical (unpaired) electrons. The average Bonchev–Trinajstić information content (AvgIpc) is 2.34. The van der Waals surface area contributed by atoms with Crippen molar-refractivity contribution in [3.05, 3.63) is 30.3 Å². The number of hydrogen-bond donors (Lipinski definition) is 1. The molecule has 86 valence electrons. The Hall–Kier alpha value is -1.55. The quantitative estimate of drug-likeness (QED) is 0.584. The number of nitrogens with zero attached hydrogens (tertiary/aromatic N) is 1. The zero-order valence-electron chi connectivity index (χ0n) is 9.13. The maximum Gasteiger partial charge on any atom is 0.241 e. The van der Waals surface area contributed by atoms with Gasteiger partial charge >= 0.3 is 0 Å². The maximum absolute atomic E-state index is 11.2. The highest BCUT2D eigenvalue weighted by Crippen LogP contribution is 2.10. The van der Waals surface area contributed by atoms with Crippen LogP contribution in [-0.2, 0) is 4.79 Å². The Morgan fingerprint density at radius 3 is 2.75 bits per heavy atom. The molecule has 1 atom stereocenters. The van der Waals surface area contributed by atoms with E-state index in [2.05, 4.69) is 0 Å². The van der Waals surface area contributed by atoms with Gasteiger partial charge < -0.3 is 15.4 Å². The van der Waals surface area contributed by atoms with Crippen molar-refractivity contribution in [1.82, 2.24) is 4.90 Å². The van der Waals surface area contributed by atoms with Gasteiger partial charge in [-0.05, 0) is 18.6 Å². The van der Waals surface area contributed by atoms with E-state index in [0.29, 0.717) is 13.2 Å². The summed E-state index contributed by atoms with van der Waals surface area (Å²) in [6, 6.07) is 9.40. The van der Waals surface area contributed by atoms with Gasteiger partial charge in [0.05, 0.1) is 6.61 Å². The highest BCUT2D eigenvalue weighted by Gasteiger charge is 2.32. The van der Waals surface area contributed by atoms with E-state index in [4.69, 9.17) is 10.5 Å². The number of amides is 1. The molecule has 1 fully saturated rings. The molecule has 1 aromatic rings. The minimum Gasteiger partial charge on any atom is -0.494 e. The van der Waals surface area contributed by atoms with Crippen LogP contribution < -0.4 is 10.5 Å². The fourth-order valence-corrected chi connectivity index (χ4v) is 1.69. The van der Waals surface area contributed by atoms with Crippen molar-refractivity contribution < 1.29 is 9.53 Å². The lowest BCUT2D eigenvalue weighted by Gasteiger charge is -2.36. The number of β-lactam (4-membered cyclic amide) rings is 1. The number of hydrogen-bond acceptors (Lipinski definition) is 3. The Kier molecular flexibility index (Phi) is 3.41. The molecule has 0 aromatic heterocycles. The molecule has 0 aliphatic carbocycles. The molecule has 1 aromatic carbocycles. The molecule has 1 amide bonds. The fourth-order valence-electron chi connectivity index (χ4n) is 1.69. The van der Waals surface area contributed by atoms with Gasteiger partial charge in [0.1, 0.15) is 11.8 Å². The third-order valence-corrected chi connectivity index (χ3v) is 2.63. The van der Waals surface area contributed by atoms with Crippen LogP contribution in [0.3, 0.4) is 0 Å². The van der Waals surface area contributed by atoms with Crippen LogP contribution in [0.4, 0.5) is 0 Å². The van der Waals surface area contributed by atoms with Crippen molar-refractivity contribution in [2.24, 2.45) is 5.73 Å². The van der Waals surface area contributed by atoms with Crippen molar-refractivity contribution in [3.63, 3.8) is 0 Å². The molecule has 1 unspecified atom stereocenters. The zero-order chi connectivity index (χ0) is 11.4. The van der Waals surface area contributed by atoms with E-state index in [9.17, 15) is 4.79 Å². The summed E-state index contributed by atoms with van der Waals surface area (Å²) in [6.07, 6.45) is 0.841. The van der Waals surface area contributed by atoms with Crippen molar-refractivity contribution in [3.8, 4) is 5.75 Å². The van der Waals surface area contributed by atoms with Crippen molar-refractivity contribution in [2.75, 3.05) is 19.7 Å². The molecule has 0 saturated carbocycles. The monoisotopic (exact) mass is 220 g/mol. The van der Waals surface area contributed by atoms with Gasteiger partial charge in [0.2, 0.25) is 5.91 Å².